The van der Waals surface area contributed by atoms with Crippen molar-refractivity contribution in [2.45, 2.75) is 52.6 Å². The SMILES string of the molecule is CCC[SiH](CCC)N(CC)CC. The summed E-state index contributed by atoms with van der Waals surface area (Å²) < 4.78 is 2.73. The van der Waals surface area contributed by atoms with Gasteiger partial charge in [-0.1, -0.05) is 40.5 Å². The average Bonchev–Trinajstić information content (AvgIpc) is 2.07. The van der Waals surface area contributed by atoms with Gasteiger partial charge in [0.15, 0.2) is 0 Å². The van der Waals surface area contributed by atoms with Crippen molar-refractivity contribution in [2.75, 3.05) is 13.1 Å². The lowest BCUT2D eigenvalue weighted by Crippen LogP contribution is -2.38. The lowest BCUT2D eigenvalue weighted by molar-refractivity contribution is 0.473. The standard InChI is InChI=1S/C10H25NSi/c1-5-9-12(10-6-2)11(7-3)8-4/h12H,5-10H2,1-4H3. The summed E-state index contributed by atoms with van der Waals surface area (Å²) in [5.41, 5.74) is 0. The van der Waals surface area contributed by atoms with Gasteiger partial charge in [0.05, 0.1) is 0 Å². The fraction of sp³-hybridized carbons (Fsp3) is 1.00. The van der Waals surface area contributed by atoms with E-state index in [1.165, 1.54) is 38.0 Å². The Morgan fingerprint density at radius 2 is 1.25 bits per heavy atom. The van der Waals surface area contributed by atoms with Crippen LogP contribution in [0.1, 0.15) is 40.5 Å². The molecule has 0 amide bonds. The van der Waals surface area contributed by atoms with Crippen molar-refractivity contribution < 1.29 is 0 Å². The van der Waals surface area contributed by atoms with E-state index in [0.29, 0.717) is 0 Å². The lowest BCUT2D eigenvalue weighted by Gasteiger charge is -2.27. The van der Waals surface area contributed by atoms with Gasteiger partial charge in [0.25, 0.3) is 0 Å². The molecule has 1 nitrogen and oxygen atoms in total. The third-order valence-corrected chi connectivity index (χ3v) is 6.82. The number of nitrogens with zero attached hydrogens (tertiary/aromatic N) is 1. The maximum absolute atomic E-state index is 2.73. The van der Waals surface area contributed by atoms with Gasteiger partial charge in [-0.2, -0.15) is 0 Å². The maximum Gasteiger partial charge on any atom is 0.111 e. The minimum atomic E-state index is -0.515. The van der Waals surface area contributed by atoms with Crippen LogP contribution in [0, 0.1) is 0 Å². The molecule has 0 atom stereocenters. The first-order chi connectivity index (χ1) is 5.79. The van der Waals surface area contributed by atoms with Crippen LogP contribution in [0.5, 0.6) is 0 Å². The zero-order valence-corrected chi connectivity index (χ0v) is 10.4. The fourth-order valence-corrected chi connectivity index (χ4v) is 5.30. The summed E-state index contributed by atoms with van der Waals surface area (Å²) in [5.74, 6) is 0. The Morgan fingerprint density at radius 3 is 1.50 bits per heavy atom. The molecular formula is C10H25NSi. The van der Waals surface area contributed by atoms with Crippen LogP contribution in [0.2, 0.25) is 12.1 Å². The van der Waals surface area contributed by atoms with Crippen LogP contribution in [0.15, 0.2) is 0 Å². The second kappa shape index (κ2) is 7.81. The van der Waals surface area contributed by atoms with Crippen LogP contribution < -0.4 is 0 Å². The molecule has 0 bridgehead atoms. The molecule has 0 radical (unpaired) electrons. The van der Waals surface area contributed by atoms with Crippen molar-refractivity contribution in [1.82, 2.24) is 4.57 Å². The third-order valence-electron chi connectivity index (χ3n) is 2.57. The summed E-state index contributed by atoms with van der Waals surface area (Å²) in [7, 11) is -0.515. The van der Waals surface area contributed by atoms with Crippen LogP contribution in [0.25, 0.3) is 0 Å². The normalized spacial score (nSPS) is 11.5. The monoisotopic (exact) mass is 187 g/mol. The molecule has 0 aromatic heterocycles. The number of hydrogen-bond donors (Lipinski definition) is 0. The van der Waals surface area contributed by atoms with E-state index < -0.39 is 8.96 Å². The molecule has 0 unspecified atom stereocenters. The highest BCUT2D eigenvalue weighted by molar-refractivity contribution is 6.55. The molecule has 74 valence electrons. The predicted octanol–water partition coefficient (Wildman–Crippen LogP) is 2.87. The molecule has 0 saturated heterocycles. The first-order valence-electron chi connectivity index (χ1n) is 5.54. The summed E-state index contributed by atoms with van der Waals surface area (Å²) in [4.78, 5) is 0. The molecule has 0 aliphatic rings. The smallest absolute Gasteiger partial charge is 0.111 e. The van der Waals surface area contributed by atoms with E-state index in [9.17, 15) is 0 Å². The van der Waals surface area contributed by atoms with Crippen molar-refractivity contribution in [3.63, 3.8) is 0 Å². The molecule has 0 N–H and O–H groups in total. The average molecular weight is 187 g/mol. The quantitative estimate of drug-likeness (QED) is 0.554. The summed E-state index contributed by atoms with van der Waals surface area (Å²) >= 11 is 0. The summed E-state index contributed by atoms with van der Waals surface area (Å²) in [5, 5.41) is 0. The minimum Gasteiger partial charge on any atom is -0.327 e. The molecule has 0 heterocycles. The summed E-state index contributed by atoms with van der Waals surface area (Å²) in [6.45, 7) is 11.8. The second-order valence-electron chi connectivity index (χ2n) is 3.45. The third kappa shape index (κ3) is 4.26. The number of rotatable bonds is 7. The Bertz CT molecular complexity index is 85.8. The van der Waals surface area contributed by atoms with Gasteiger partial charge in [-0.25, -0.2) is 0 Å². The molecule has 2 heteroatoms. The Labute approximate surface area is 79.8 Å². The van der Waals surface area contributed by atoms with E-state index in [1.54, 1.807) is 0 Å². The van der Waals surface area contributed by atoms with E-state index in [2.05, 4.69) is 32.3 Å². The van der Waals surface area contributed by atoms with E-state index in [1.807, 2.05) is 0 Å². The largest absolute Gasteiger partial charge is 0.327 e. The Kier molecular flexibility index (Phi) is 7.92. The minimum absolute atomic E-state index is 0.515. The molecule has 0 aromatic rings. The van der Waals surface area contributed by atoms with Gasteiger partial charge in [-0.15, -0.1) is 0 Å². The summed E-state index contributed by atoms with van der Waals surface area (Å²) in [6.07, 6.45) is 2.76. The topological polar surface area (TPSA) is 3.24 Å². The summed E-state index contributed by atoms with van der Waals surface area (Å²) in [6, 6.07) is 3.02. The first-order valence-corrected chi connectivity index (χ1v) is 7.68. The van der Waals surface area contributed by atoms with Gasteiger partial charge in [-0.3, -0.25) is 0 Å². The van der Waals surface area contributed by atoms with Crippen molar-refractivity contribution >= 4 is 8.96 Å². The molecule has 0 saturated carbocycles. The van der Waals surface area contributed by atoms with Crippen molar-refractivity contribution in [3.05, 3.63) is 0 Å². The second-order valence-corrected chi connectivity index (χ2v) is 6.65. The first kappa shape index (κ1) is 12.2. The van der Waals surface area contributed by atoms with Crippen LogP contribution in [-0.2, 0) is 0 Å². The van der Waals surface area contributed by atoms with Gasteiger partial charge in [-0.05, 0) is 25.2 Å². The molecular weight excluding hydrogens is 162 g/mol. The van der Waals surface area contributed by atoms with E-state index in [4.69, 9.17) is 0 Å². The van der Waals surface area contributed by atoms with E-state index in [0.717, 1.165) is 0 Å². The van der Waals surface area contributed by atoms with Crippen LogP contribution >= 0.6 is 0 Å². The van der Waals surface area contributed by atoms with Gasteiger partial charge in [0.2, 0.25) is 0 Å². The van der Waals surface area contributed by atoms with Crippen molar-refractivity contribution in [1.29, 1.82) is 0 Å². The molecule has 0 aliphatic carbocycles. The molecule has 0 fully saturated rings. The van der Waals surface area contributed by atoms with Crippen molar-refractivity contribution in [2.24, 2.45) is 0 Å². The Morgan fingerprint density at radius 1 is 0.833 bits per heavy atom. The van der Waals surface area contributed by atoms with Gasteiger partial charge >= 0.3 is 0 Å². The van der Waals surface area contributed by atoms with Crippen LogP contribution in [-0.4, -0.2) is 26.6 Å². The van der Waals surface area contributed by atoms with Gasteiger partial charge in [0, 0.05) is 0 Å². The Hall–Kier alpha value is 0.177. The van der Waals surface area contributed by atoms with E-state index >= 15 is 0 Å². The maximum atomic E-state index is 2.73. The number of hydrogen-bond acceptors (Lipinski definition) is 1. The Balaban J connectivity index is 3.86. The highest BCUT2D eigenvalue weighted by Crippen LogP contribution is 2.10. The van der Waals surface area contributed by atoms with Gasteiger partial charge in [0.1, 0.15) is 8.96 Å². The molecule has 0 aliphatic heterocycles. The predicted molar refractivity (Wildman–Crippen MR) is 60.3 cm³/mol. The molecule has 0 rings (SSSR count). The fourth-order valence-electron chi connectivity index (χ4n) is 1.92. The van der Waals surface area contributed by atoms with E-state index in [-0.39, 0.29) is 0 Å². The van der Waals surface area contributed by atoms with Crippen LogP contribution in [0.4, 0.5) is 0 Å². The van der Waals surface area contributed by atoms with Crippen LogP contribution in [0.3, 0.4) is 0 Å². The molecule has 0 spiro atoms. The zero-order chi connectivity index (χ0) is 9.40. The highest BCUT2D eigenvalue weighted by Gasteiger charge is 2.14. The van der Waals surface area contributed by atoms with Crippen molar-refractivity contribution in [3.8, 4) is 0 Å². The lowest BCUT2D eigenvalue weighted by atomic mass is 10.6. The zero-order valence-electron chi connectivity index (χ0n) is 9.27. The molecule has 0 aromatic carbocycles. The van der Waals surface area contributed by atoms with Gasteiger partial charge < -0.3 is 4.57 Å². The highest BCUT2D eigenvalue weighted by atomic mass is 28.3. The molecule has 12 heavy (non-hydrogen) atoms.